The first-order valence-corrected chi connectivity index (χ1v) is 8.25. The highest BCUT2D eigenvalue weighted by atomic mass is 35.5. The average molecular weight is 314 g/mol. The second-order valence-electron chi connectivity index (χ2n) is 7.17. The number of nitrogens with zero attached hydrogens (tertiary/aromatic N) is 1. The van der Waals surface area contributed by atoms with Gasteiger partial charge in [0, 0.05) is 5.02 Å². The number of halogens is 1. The fourth-order valence-corrected chi connectivity index (χ4v) is 5.23. The van der Waals surface area contributed by atoms with Gasteiger partial charge in [0.2, 0.25) is 11.8 Å². The first kappa shape index (κ1) is 12.9. The van der Waals surface area contributed by atoms with Crippen molar-refractivity contribution >= 4 is 29.1 Å². The minimum atomic E-state index is -0.148. The van der Waals surface area contributed by atoms with E-state index < -0.39 is 0 Å². The molecule has 4 heteroatoms. The number of hydrogen-bond donors (Lipinski definition) is 0. The Morgan fingerprint density at radius 2 is 1.68 bits per heavy atom. The maximum atomic E-state index is 12.9. The van der Waals surface area contributed by atoms with Crippen LogP contribution >= 0.6 is 11.6 Å². The number of carbonyl (C=O) groups excluding carboxylic acids is 2. The molecule has 0 radical (unpaired) electrons. The summed E-state index contributed by atoms with van der Waals surface area (Å²) in [6, 6.07) is 5.41. The summed E-state index contributed by atoms with van der Waals surface area (Å²) in [5.41, 5.74) is 1.81. The zero-order chi connectivity index (χ0) is 15.2. The van der Waals surface area contributed by atoms with Crippen LogP contribution in [0.3, 0.4) is 0 Å². The number of allylic oxidation sites excluding steroid dienone is 2. The van der Waals surface area contributed by atoms with Gasteiger partial charge < -0.3 is 0 Å². The number of imide groups is 1. The molecule has 2 amide bonds. The third-order valence-electron chi connectivity index (χ3n) is 6.27. The van der Waals surface area contributed by atoms with E-state index >= 15 is 0 Å². The van der Waals surface area contributed by atoms with Gasteiger partial charge in [-0.3, -0.25) is 9.59 Å². The Morgan fingerprint density at radius 3 is 2.18 bits per heavy atom. The van der Waals surface area contributed by atoms with Crippen LogP contribution in [0.4, 0.5) is 5.69 Å². The van der Waals surface area contributed by atoms with Gasteiger partial charge in [-0.25, -0.2) is 4.90 Å². The predicted molar refractivity (Wildman–Crippen MR) is 83.4 cm³/mol. The van der Waals surface area contributed by atoms with Gasteiger partial charge in [0.05, 0.1) is 17.5 Å². The van der Waals surface area contributed by atoms with Crippen molar-refractivity contribution in [3.63, 3.8) is 0 Å². The Morgan fingerprint density at radius 1 is 1.09 bits per heavy atom. The number of fused-ring (bicyclic) bond motifs is 3. The Balaban J connectivity index is 1.57. The average Bonchev–Trinajstić information content (AvgIpc) is 3.08. The van der Waals surface area contributed by atoms with Gasteiger partial charge in [0.15, 0.2) is 0 Å². The van der Waals surface area contributed by atoms with Crippen LogP contribution in [0.25, 0.3) is 0 Å². The molecule has 1 heterocycles. The molecular weight excluding hydrogens is 298 g/mol. The quantitative estimate of drug-likeness (QED) is 0.589. The van der Waals surface area contributed by atoms with Gasteiger partial charge in [0.1, 0.15) is 0 Å². The standard InChI is InChI=1S/C18H16ClNO2/c1-9-2-3-10(8-13(9)19)20-16(21)14-11-4-5-12(15(14)17(20)22)18(11)6-7-18/h2-5,8,11-12,14-15H,6-7H2,1H3/t11-,12-,14-,15-/m1/s1. The third-order valence-corrected chi connectivity index (χ3v) is 6.67. The molecule has 1 saturated heterocycles. The summed E-state index contributed by atoms with van der Waals surface area (Å²) in [4.78, 5) is 27.2. The number of hydrogen-bond acceptors (Lipinski definition) is 2. The van der Waals surface area contributed by atoms with Crippen molar-refractivity contribution in [3.05, 3.63) is 40.9 Å². The molecule has 5 rings (SSSR count). The predicted octanol–water partition coefficient (Wildman–Crippen LogP) is 3.35. The Kier molecular flexibility index (Phi) is 2.24. The number of aryl methyl sites for hydroxylation is 1. The van der Waals surface area contributed by atoms with Gasteiger partial charge in [-0.2, -0.15) is 0 Å². The van der Waals surface area contributed by atoms with E-state index in [0.29, 0.717) is 10.7 Å². The molecule has 112 valence electrons. The highest BCUT2D eigenvalue weighted by Crippen LogP contribution is 2.73. The van der Waals surface area contributed by atoms with Crippen molar-refractivity contribution in [3.8, 4) is 0 Å². The first-order valence-electron chi connectivity index (χ1n) is 7.87. The fourth-order valence-electron chi connectivity index (χ4n) is 5.05. The summed E-state index contributed by atoms with van der Waals surface area (Å²) in [7, 11) is 0. The van der Waals surface area contributed by atoms with E-state index in [1.807, 2.05) is 19.1 Å². The molecule has 1 aromatic rings. The molecule has 0 N–H and O–H groups in total. The third kappa shape index (κ3) is 1.30. The van der Waals surface area contributed by atoms with Crippen LogP contribution in [0, 0.1) is 36.0 Å². The first-order chi connectivity index (χ1) is 10.5. The molecule has 0 aromatic heterocycles. The highest BCUT2D eigenvalue weighted by molar-refractivity contribution is 6.32. The molecule has 1 aliphatic heterocycles. The minimum Gasteiger partial charge on any atom is -0.274 e. The van der Waals surface area contributed by atoms with E-state index in [4.69, 9.17) is 11.6 Å². The molecule has 4 aliphatic rings. The van der Waals surface area contributed by atoms with Crippen LogP contribution in [0.15, 0.2) is 30.4 Å². The normalized spacial score (nSPS) is 36.5. The molecule has 2 saturated carbocycles. The minimum absolute atomic E-state index is 0.0296. The highest BCUT2D eigenvalue weighted by Gasteiger charge is 2.73. The van der Waals surface area contributed by atoms with E-state index in [0.717, 1.165) is 5.56 Å². The van der Waals surface area contributed by atoms with Gasteiger partial charge in [-0.05, 0) is 54.7 Å². The Hall–Kier alpha value is -1.61. The maximum Gasteiger partial charge on any atom is 0.238 e. The largest absolute Gasteiger partial charge is 0.274 e. The van der Waals surface area contributed by atoms with Crippen LogP contribution in [0.1, 0.15) is 18.4 Å². The summed E-state index contributed by atoms with van der Waals surface area (Å²) in [6.45, 7) is 1.91. The van der Waals surface area contributed by atoms with Crippen molar-refractivity contribution < 1.29 is 9.59 Å². The summed E-state index contributed by atoms with van der Waals surface area (Å²) >= 11 is 6.17. The van der Waals surface area contributed by atoms with Gasteiger partial charge in [-0.15, -0.1) is 0 Å². The topological polar surface area (TPSA) is 37.4 Å². The molecule has 3 aliphatic carbocycles. The smallest absolute Gasteiger partial charge is 0.238 e. The number of rotatable bonds is 1. The summed E-state index contributed by atoms with van der Waals surface area (Å²) in [6.07, 6.45) is 6.71. The van der Waals surface area contributed by atoms with Crippen molar-refractivity contribution in [1.82, 2.24) is 0 Å². The van der Waals surface area contributed by atoms with Gasteiger partial charge in [-0.1, -0.05) is 29.8 Å². The molecule has 22 heavy (non-hydrogen) atoms. The van der Waals surface area contributed by atoms with Crippen molar-refractivity contribution in [1.29, 1.82) is 0 Å². The van der Waals surface area contributed by atoms with Crippen LogP contribution in [-0.4, -0.2) is 11.8 Å². The number of amides is 2. The molecule has 0 unspecified atom stereocenters. The molecule has 1 aromatic carbocycles. The van der Waals surface area contributed by atoms with Gasteiger partial charge >= 0.3 is 0 Å². The second-order valence-corrected chi connectivity index (χ2v) is 7.57. The monoisotopic (exact) mass is 313 g/mol. The second kappa shape index (κ2) is 3.83. The fraction of sp³-hybridized carbons (Fsp3) is 0.444. The lowest BCUT2D eigenvalue weighted by atomic mass is 9.85. The van der Waals surface area contributed by atoms with E-state index in [1.54, 1.807) is 6.07 Å². The summed E-state index contributed by atoms with van der Waals surface area (Å²) in [5.74, 6) is 0.181. The van der Waals surface area contributed by atoms with E-state index in [9.17, 15) is 9.59 Å². The SMILES string of the molecule is Cc1ccc(N2C(=O)[C@H]3[C@H](C2=O)[C@H]2C=C[C@H]3C23CC3)cc1Cl. The number of benzene rings is 1. The van der Waals surface area contributed by atoms with E-state index in [2.05, 4.69) is 12.2 Å². The molecule has 3 nitrogen and oxygen atoms in total. The molecule has 2 bridgehead atoms. The lowest BCUT2D eigenvalue weighted by molar-refractivity contribution is -0.123. The van der Waals surface area contributed by atoms with Crippen LogP contribution in [0.2, 0.25) is 5.02 Å². The molecule has 3 fully saturated rings. The zero-order valence-electron chi connectivity index (χ0n) is 12.3. The number of carbonyl (C=O) groups is 2. The molecule has 1 spiro atoms. The van der Waals surface area contributed by atoms with E-state index in [1.165, 1.54) is 17.7 Å². The lowest BCUT2D eigenvalue weighted by Gasteiger charge is -2.22. The Bertz CT molecular complexity index is 730. The molecular formula is C18H16ClNO2. The molecule has 4 atom stereocenters. The zero-order valence-corrected chi connectivity index (χ0v) is 13.0. The van der Waals surface area contributed by atoms with Crippen molar-refractivity contribution in [2.24, 2.45) is 29.1 Å². The van der Waals surface area contributed by atoms with Crippen LogP contribution in [-0.2, 0) is 9.59 Å². The maximum absolute atomic E-state index is 12.9. The lowest BCUT2D eigenvalue weighted by Crippen LogP contribution is -2.34. The summed E-state index contributed by atoms with van der Waals surface area (Å²) < 4.78 is 0. The van der Waals surface area contributed by atoms with Crippen LogP contribution in [0.5, 0.6) is 0 Å². The van der Waals surface area contributed by atoms with Crippen molar-refractivity contribution in [2.75, 3.05) is 4.90 Å². The number of anilines is 1. The van der Waals surface area contributed by atoms with Crippen LogP contribution < -0.4 is 4.90 Å². The Labute approximate surface area is 133 Å². The van der Waals surface area contributed by atoms with Crippen molar-refractivity contribution in [2.45, 2.75) is 19.8 Å². The summed E-state index contributed by atoms with van der Waals surface area (Å²) in [5, 5.41) is 0.593. The van der Waals surface area contributed by atoms with Gasteiger partial charge in [0.25, 0.3) is 0 Å². The van der Waals surface area contributed by atoms with E-state index in [-0.39, 0.29) is 40.9 Å².